The summed E-state index contributed by atoms with van der Waals surface area (Å²) < 4.78 is 5.47. The van der Waals surface area contributed by atoms with Crippen LogP contribution < -0.4 is 5.32 Å². The smallest absolute Gasteiger partial charge is 0.0897 e. The zero-order valence-electron chi connectivity index (χ0n) is 12.3. The molecule has 18 heavy (non-hydrogen) atoms. The van der Waals surface area contributed by atoms with Gasteiger partial charge < -0.3 is 15.2 Å². The van der Waals surface area contributed by atoms with Gasteiger partial charge >= 0.3 is 0 Å². The number of aliphatic hydroxyl groups is 1. The minimum Gasteiger partial charge on any atom is -0.389 e. The Hall–Kier alpha value is 0.230. The van der Waals surface area contributed by atoms with E-state index in [4.69, 9.17) is 4.74 Å². The summed E-state index contributed by atoms with van der Waals surface area (Å²) in [7, 11) is 0. The fraction of sp³-hybridized carbons (Fsp3) is 1.00. The van der Waals surface area contributed by atoms with Gasteiger partial charge in [-0.3, -0.25) is 0 Å². The first-order valence-corrected chi connectivity index (χ1v) is 8.62. The van der Waals surface area contributed by atoms with Crippen LogP contribution in [0.5, 0.6) is 0 Å². The molecule has 0 aliphatic heterocycles. The number of aliphatic hydroxyl groups excluding tert-OH is 1. The first-order chi connectivity index (χ1) is 8.74. The van der Waals surface area contributed by atoms with Gasteiger partial charge in [0.05, 0.1) is 12.7 Å². The summed E-state index contributed by atoms with van der Waals surface area (Å²) in [6.07, 6.45) is 7.70. The molecule has 0 aliphatic rings. The lowest BCUT2D eigenvalue weighted by Crippen LogP contribution is -2.38. The molecule has 0 amide bonds. The molecular formula is C14H31NO2S. The molecule has 4 heteroatoms. The Bertz CT molecular complexity index is 170. The highest BCUT2D eigenvalue weighted by atomic mass is 32.2. The molecule has 2 unspecified atom stereocenters. The first kappa shape index (κ1) is 18.2. The maximum atomic E-state index is 9.77. The summed E-state index contributed by atoms with van der Waals surface area (Å²) >= 11 is 1.84. The van der Waals surface area contributed by atoms with Crippen molar-refractivity contribution in [1.29, 1.82) is 0 Å². The van der Waals surface area contributed by atoms with E-state index in [0.717, 1.165) is 25.2 Å². The summed E-state index contributed by atoms with van der Waals surface area (Å²) in [6, 6.07) is 0.499. The minimum absolute atomic E-state index is 0.382. The van der Waals surface area contributed by atoms with Crippen LogP contribution in [0.1, 0.15) is 46.0 Å². The lowest BCUT2D eigenvalue weighted by Gasteiger charge is -2.18. The molecule has 0 rings (SSSR count). The Morgan fingerprint density at radius 1 is 1.22 bits per heavy atom. The predicted octanol–water partition coefficient (Wildman–Crippen LogP) is 2.68. The molecular weight excluding hydrogens is 246 g/mol. The van der Waals surface area contributed by atoms with E-state index >= 15 is 0 Å². The van der Waals surface area contributed by atoms with Crippen LogP contribution in [0.3, 0.4) is 0 Å². The minimum atomic E-state index is -0.382. The number of thioether (sulfide) groups is 1. The summed E-state index contributed by atoms with van der Waals surface area (Å²) in [5.74, 6) is 1.10. The van der Waals surface area contributed by atoms with Crippen molar-refractivity contribution in [2.75, 3.05) is 31.8 Å². The van der Waals surface area contributed by atoms with Crippen LogP contribution >= 0.6 is 11.8 Å². The van der Waals surface area contributed by atoms with E-state index in [1.807, 2.05) is 11.8 Å². The average Bonchev–Trinajstić information content (AvgIpc) is 2.38. The Labute approximate surface area is 117 Å². The zero-order valence-corrected chi connectivity index (χ0v) is 13.1. The summed E-state index contributed by atoms with van der Waals surface area (Å²) in [5, 5.41) is 13.2. The van der Waals surface area contributed by atoms with Crippen LogP contribution in [0.4, 0.5) is 0 Å². The van der Waals surface area contributed by atoms with Gasteiger partial charge in [0.25, 0.3) is 0 Å². The highest BCUT2D eigenvalue weighted by Crippen LogP contribution is 2.01. The lowest BCUT2D eigenvalue weighted by molar-refractivity contribution is 0.0344. The van der Waals surface area contributed by atoms with Crippen LogP contribution in [-0.4, -0.2) is 49.0 Å². The molecule has 0 heterocycles. The van der Waals surface area contributed by atoms with Crippen molar-refractivity contribution in [1.82, 2.24) is 5.32 Å². The molecule has 0 radical (unpaired) electrons. The van der Waals surface area contributed by atoms with Gasteiger partial charge in [-0.25, -0.2) is 0 Å². The Morgan fingerprint density at radius 2 is 2.00 bits per heavy atom. The second-order valence-electron chi connectivity index (χ2n) is 4.76. The molecule has 110 valence electrons. The number of ether oxygens (including phenoxy) is 1. The first-order valence-electron chi connectivity index (χ1n) is 7.22. The molecule has 2 atom stereocenters. The fourth-order valence-corrected chi connectivity index (χ4v) is 2.49. The maximum Gasteiger partial charge on any atom is 0.0897 e. The Morgan fingerprint density at radius 3 is 2.61 bits per heavy atom. The zero-order chi connectivity index (χ0) is 13.6. The molecule has 0 saturated carbocycles. The van der Waals surface area contributed by atoms with Crippen molar-refractivity contribution in [3.05, 3.63) is 0 Å². The van der Waals surface area contributed by atoms with Gasteiger partial charge in [-0.05, 0) is 19.1 Å². The van der Waals surface area contributed by atoms with E-state index in [1.165, 1.54) is 19.3 Å². The summed E-state index contributed by atoms with van der Waals surface area (Å²) in [4.78, 5) is 0. The molecule has 3 nitrogen and oxygen atoms in total. The van der Waals surface area contributed by atoms with Crippen molar-refractivity contribution in [3.63, 3.8) is 0 Å². The number of rotatable bonds is 13. The molecule has 0 aromatic rings. The molecule has 0 aliphatic carbocycles. The van der Waals surface area contributed by atoms with Crippen LogP contribution in [0.25, 0.3) is 0 Å². The van der Waals surface area contributed by atoms with Gasteiger partial charge in [0.15, 0.2) is 0 Å². The van der Waals surface area contributed by atoms with E-state index in [1.54, 1.807) is 0 Å². The van der Waals surface area contributed by atoms with E-state index in [2.05, 4.69) is 25.4 Å². The lowest BCUT2D eigenvalue weighted by atomic mass is 10.2. The molecule has 2 N–H and O–H groups in total. The van der Waals surface area contributed by atoms with Crippen molar-refractivity contribution < 1.29 is 9.84 Å². The van der Waals surface area contributed by atoms with Crippen LogP contribution in [-0.2, 0) is 4.74 Å². The van der Waals surface area contributed by atoms with E-state index in [9.17, 15) is 5.11 Å². The van der Waals surface area contributed by atoms with Crippen LogP contribution in [0, 0.1) is 0 Å². The van der Waals surface area contributed by atoms with Crippen molar-refractivity contribution in [2.45, 2.75) is 58.1 Å². The van der Waals surface area contributed by atoms with Gasteiger partial charge in [0.1, 0.15) is 0 Å². The molecule has 0 bridgehead atoms. The van der Waals surface area contributed by atoms with E-state index < -0.39 is 0 Å². The van der Waals surface area contributed by atoms with Crippen LogP contribution in [0.15, 0.2) is 0 Å². The molecule has 0 fully saturated rings. The topological polar surface area (TPSA) is 41.5 Å². The largest absolute Gasteiger partial charge is 0.389 e. The monoisotopic (exact) mass is 277 g/mol. The number of hydrogen-bond donors (Lipinski definition) is 2. The third kappa shape index (κ3) is 11.3. The third-order valence-electron chi connectivity index (χ3n) is 2.96. The molecule has 0 aromatic heterocycles. The average molecular weight is 277 g/mol. The SMILES string of the molecule is CCCCCCOCC(O)CNC(CC)CSC. The Kier molecular flexibility index (Phi) is 13.8. The molecule has 0 saturated heterocycles. The van der Waals surface area contributed by atoms with Gasteiger partial charge in [0, 0.05) is 24.9 Å². The number of nitrogens with one attached hydrogen (secondary N) is 1. The highest BCUT2D eigenvalue weighted by molar-refractivity contribution is 7.98. The van der Waals surface area contributed by atoms with Crippen molar-refractivity contribution in [3.8, 4) is 0 Å². The number of unbranched alkanes of at least 4 members (excludes halogenated alkanes) is 3. The molecule has 0 spiro atoms. The number of hydrogen-bond acceptors (Lipinski definition) is 4. The van der Waals surface area contributed by atoms with Gasteiger partial charge in [0.2, 0.25) is 0 Å². The summed E-state index contributed by atoms with van der Waals surface area (Å²) in [6.45, 7) is 6.24. The predicted molar refractivity (Wildman–Crippen MR) is 81.4 cm³/mol. The van der Waals surface area contributed by atoms with E-state index in [0.29, 0.717) is 19.2 Å². The highest BCUT2D eigenvalue weighted by Gasteiger charge is 2.08. The van der Waals surface area contributed by atoms with Crippen LogP contribution in [0.2, 0.25) is 0 Å². The second-order valence-corrected chi connectivity index (χ2v) is 5.67. The second kappa shape index (κ2) is 13.7. The third-order valence-corrected chi connectivity index (χ3v) is 3.69. The van der Waals surface area contributed by atoms with Gasteiger partial charge in [-0.2, -0.15) is 11.8 Å². The maximum absolute atomic E-state index is 9.77. The normalized spacial score (nSPS) is 14.7. The Balaban J connectivity index is 3.38. The van der Waals surface area contributed by atoms with Gasteiger partial charge in [-0.1, -0.05) is 33.1 Å². The quantitative estimate of drug-likeness (QED) is 0.508. The van der Waals surface area contributed by atoms with E-state index in [-0.39, 0.29) is 6.10 Å². The standard InChI is InChI=1S/C14H31NO2S/c1-4-6-7-8-9-17-11-14(16)10-15-13(5-2)12-18-3/h13-16H,4-12H2,1-3H3. The fourth-order valence-electron chi connectivity index (χ4n) is 1.73. The van der Waals surface area contributed by atoms with Crippen molar-refractivity contribution >= 4 is 11.8 Å². The van der Waals surface area contributed by atoms with Crippen molar-refractivity contribution in [2.24, 2.45) is 0 Å². The molecule has 0 aromatic carbocycles. The summed E-state index contributed by atoms with van der Waals surface area (Å²) in [5.41, 5.74) is 0. The van der Waals surface area contributed by atoms with Gasteiger partial charge in [-0.15, -0.1) is 0 Å².